The van der Waals surface area contributed by atoms with Crippen molar-refractivity contribution in [1.29, 1.82) is 0 Å². The van der Waals surface area contributed by atoms with Crippen LogP contribution in [0.4, 0.5) is 4.79 Å². The molecule has 2 aliphatic rings. The summed E-state index contributed by atoms with van der Waals surface area (Å²) < 4.78 is 11.5. The number of carbonyl (C=O) groups is 1. The fourth-order valence-electron chi connectivity index (χ4n) is 3.37. The van der Waals surface area contributed by atoms with Gasteiger partial charge in [0.15, 0.2) is 0 Å². The van der Waals surface area contributed by atoms with E-state index in [0.717, 1.165) is 32.3 Å². The molecule has 23 heavy (non-hydrogen) atoms. The van der Waals surface area contributed by atoms with Crippen LogP contribution in [0.25, 0.3) is 0 Å². The number of carbonyl (C=O) groups excluding carboxylic acids is 1. The fourth-order valence-corrected chi connectivity index (χ4v) is 3.37. The number of hydrogen-bond donors (Lipinski definition) is 2. The maximum Gasteiger partial charge on any atom is 0.315 e. The van der Waals surface area contributed by atoms with E-state index in [2.05, 4.69) is 22.8 Å². The fraction of sp³-hybridized carbons (Fsp3) is 0.611. The molecular formula is C18H26N2O3. The summed E-state index contributed by atoms with van der Waals surface area (Å²) in [6.45, 7) is 3.32. The molecule has 0 spiro atoms. The van der Waals surface area contributed by atoms with Crippen LogP contribution in [-0.4, -0.2) is 36.9 Å². The molecule has 1 saturated heterocycles. The summed E-state index contributed by atoms with van der Waals surface area (Å²) in [5, 5.41) is 6.10. The summed E-state index contributed by atoms with van der Waals surface area (Å²) in [5.74, 6) is 0. The summed E-state index contributed by atoms with van der Waals surface area (Å²) >= 11 is 0. The Balaban J connectivity index is 1.45. The Morgan fingerprint density at radius 1 is 1.17 bits per heavy atom. The average Bonchev–Trinajstić information content (AvgIpc) is 3.16. The van der Waals surface area contributed by atoms with E-state index >= 15 is 0 Å². The van der Waals surface area contributed by atoms with Gasteiger partial charge in [0.05, 0.1) is 30.9 Å². The number of amides is 2. The first-order valence-corrected chi connectivity index (χ1v) is 8.56. The largest absolute Gasteiger partial charge is 0.376 e. The molecule has 126 valence electrons. The standard InChI is InChI=1S/C18H26N2O3/c1-13-15(10-11-22-13)19-18(21)20-16-8-5-9-17(16)23-12-14-6-3-2-4-7-14/h2-4,6-7,13,15-17H,5,8-12H2,1H3,(H2,19,20,21)/t13-,15-,16-,17+/m0/s1. The molecule has 3 rings (SSSR count). The van der Waals surface area contributed by atoms with Gasteiger partial charge in [0.2, 0.25) is 0 Å². The van der Waals surface area contributed by atoms with Crippen molar-refractivity contribution in [3.8, 4) is 0 Å². The molecule has 1 aliphatic carbocycles. The number of hydrogen-bond acceptors (Lipinski definition) is 3. The second kappa shape index (κ2) is 7.79. The maximum atomic E-state index is 12.2. The minimum atomic E-state index is -0.104. The van der Waals surface area contributed by atoms with Crippen molar-refractivity contribution in [3.63, 3.8) is 0 Å². The normalized spacial score (nSPS) is 30.3. The van der Waals surface area contributed by atoms with E-state index in [1.54, 1.807) is 0 Å². The summed E-state index contributed by atoms with van der Waals surface area (Å²) in [6, 6.07) is 10.3. The molecule has 0 aromatic heterocycles. The SMILES string of the molecule is C[C@@H]1OCC[C@@H]1NC(=O)N[C@H]1CCC[C@H]1OCc1ccccc1. The lowest BCUT2D eigenvalue weighted by molar-refractivity contribution is 0.0299. The molecule has 5 nitrogen and oxygen atoms in total. The Morgan fingerprint density at radius 2 is 1.96 bits per heavy atom. The Bertz CT molecular complexity index is 508. The quantitative estimate of drug-likeness (QED) is 0.877. The average molecular weight is 318 g/mol. The highest BCUT2D eigenvalue weighted by atomic mass is 16.5. The molecule has 1 aromatic rings. The molecule has 4 atom stereocenters. The van der Waals surface area contributed by atoms with Crippen LogP contribution in [0.1, 0.15) is 38.2 Å². The second-order valence-corrected chi connectivity index (χ2v) is 6.46. The Labute approximate surface area is 137 Å². The van der Waals surface area contributed by atoms with Crippen molar-refractivity contribution in [2.24, 2.45) is 0 Å². The summed E-state index contributed by atoms with van der Waals surface area (Å²) in [7, 11) is 0. The molecule has 0 unspecified atom stereocenters. The van der Waals surface area contributed by atoms with Gasteiger partial charge in [-0.2, -0.15) is 0 Å². The van der Waals surface area contributed by atoms with Gasteiger partial charge in [-0.15, -0.1) is 0 Å². The van der Waals surface area contributed by atoms with Gasteiger partial charge in [-0.05, 0) is 38.2 Å². The first kappa shape index (κ1) is 16.3. The molecule has 2 fully saturated rings. The topological polar surface area (TPSA) is 59.6 Å². The van der Waals surface area contributed by atoms with E-state index in [-0.39, 0.29) is 30.3 Å². The van der Waals surface area contributed by atoms with Crippen LogP contribution in [0.5, 0.6) is 0 Å². The van der Waals surface area contributed by atoms with Gasteiger partial charge in [0, 0.05) is 6.61 Å². The van der Waals surface area contributed by atoms with Crippen LogP contribution in [-0.2, 0) is 16.1 Å². The number of urea groups is 1. The van der Waals surface area contributed by atoms with Gasteiger partial charge in [-0.25, -0.2) is 4.79 Å². The van der Waals surface area contributed by atoms with Gasteiger partial charge >= 0.3 is 6.03 Å². The predicted molar refractivity (Wildman–Crippen MR) is 88.1 cm³/mol. The second-order valence-electron chi connectivity index (χ2n) is 6.46. The number of rotatable bonds is 5. The highest BCUT2D eigenvalue weighted by Gasteiger charge is 2.31. The molecule has 1 aliphatic heterocycles. The third-order valence-corrected chi connectivity index (χ3v) is 4.77. The van der Waals surface area contributed by atoms with Gasteiger partial charge in [0.1, 0.15) is 0 Å². The molecule has 1 heterocycles. The maximum absolute atomic E-state index is 12.2. The lowest BCUT2D eigenvalue weighted by Crippen LogP contribution is -2.50. The van der Waals surface area contributed by atoms with Crippen molar-refractivity contribution in [3.05, 3.63) is 35.9 Å². The van der Waals surface area contributed by atoms with E-state index < -0.39 is 0 Å². The number of ether oxygens (including phenoxy) is 2. The Kier molecular flexibility index (Phi) is 5.51. The lowest BCUT2D eigenvalue weighted by atomic mass is 10.1. The van der Waals surface area contributed by atoms with Crippen molar-refractivity contribution in [2.45, 2.75) is 63.5 Å². The predicted octanol–water partition coefficient (Wildman–Crippen LogP) is 2.60. The van der Waals surface area contributed by atoms with Crippen LogP contribution in [0.15, 0.2) is 30.3 Å². The van der Waals surface area contributed by atoms with Crippen LogP contribution >= 0.6 is 0 Å². The van der Waals surface area contributed by atoms with Crippen LogP contribution in [0.2, 0.25) is 0 Å². The van der Waals surface area contributed by atoms with Crippen molar-refractivity contribution >= 4 is 6.03 Å². The summed E-state index contributed by atoms with van der Waals surface area (Å²) in [4.78, 5) is 12.2. The number of nitrogens with one attached hydrogen (secondary N) is 2. The van der Waals surface area contributed by atoms with Gasteiger partial charge in [-0.1, -0.05) is 30.3 Å². The molecule has 5 heteroatoms. The number of benzene rings is 1. The third kappa shape index (κ3) is 4.45. The first-order chi connectivity index (χ1) is 11.2. The zero-order valence-corrected chi connectivity index (χ0v) is 13.7. The van der Waals surface area contributed by atoms with Crippen LogP contribution in [0.3, 0.4) is 0 Å². The summed E-state index contributed by atoms with van der Waals surface area (Å²) in [6.07, 6.45) is 4.14. The Morgan fingerprint density at radius 3 is 2.70 bits per heavy atom. The van der Waals surface area contributed by atoms with Gasteiger partial charge < -0.3 is 20.1 Å². The zero-order valence-electron chi connectivity index (χ0n) is 13.7. The first-order valence-electron chi connectivity index (χ1n) is 8.56. The lowest BCUT2D eigenvalue weighted by Gasteiger charge is -2.23. The molecule has 2 N–H and O–H groups in total. The Hall–Kier alpha value is -1.59. The van der Waals surface area contributed by atoms with E-state index in [1.807, 2.05) is 25.1 Å². The monoisotopic (exact) mass is 318 g/mol. The van der Waals surface area contributed by atoms with E-state index in [1.165, 1.54) is 5.56 Å². The van der Waals surface area contributed by atoms with Crippen molar-refractivity contribution in [2.75, 3.05) is 6.61 Å². The minimum absolute atomic E-state index is 0.0921. The van der Waals surface area contributed by atoms with Crippen molar-refractivity contribution in [1.82, 2.24) is 10.6 Å². The highest BCUT2D eigenvalue weighted by molar-refractivity contribution is 5.74. The highest BCUT2D eigenvalue weighted by Crippen LogP contribution is 2.23. The van der Waals surface area contributed by atoms with Gasteiger partial charge in [-0.3, -0.25) is 0 Å². The van der Waals surface area contributed by atoms with E-state index in [4.69, 9.17) is 9.47 Å². The van der Waals surface area contributed by atoms with Gasteiger partial charge in [0.25, 0.3) is 0 Å². The van der Waals surface area contributed by atoms with Crippen molar-refractivity contribution < 1.29 is 14.3 Å². The molecule has 1 aromatic carbocycles. The summed E-state index contributed by atoms with van der Waals surface area (Å²) in [5.41, 5.74) is 1.17. The van der Waals surface area contributed by atoms with E-state index in [0.29, 0.717) is 6.61 Å². The van der Waals surface area contributed by atoms with E-state index in [9.17, 15) is 4.79 Å². The third-order valence-electron chi connectivity index (χ3n) is 4.77. The molecule has 2 amide bonds. The zero-order chi connectivity index (χ0) is 16.1. The molecule has 1 saturated carbocycles. The molecular weight excluding hydrogens is 292 g/mol. The van der Waals surface area contributed by atoms with Crippen LogP contribution < -0.4 is 10.6 Å². The van der Waals surface area contributed by atoms with Crippen LogP contribution in [0, 0.1) is 0 Å². The molecule has 0 radical (unpaired) electrons. The smallest absolute Gasteiger partial charge is 0.315 e. The molecule has 0 bridgehead atoms. The minimum Gasteiger partial charge on any atom is -0.376 e.